The fourth-order valence-corrected chi connectivity index (χ4v) is 0.440. The number of hydrogen-bond acceptors (Lipinski definition) is 2. The molecule has 0 atom stereocenters. The van der Waals surface area contributed by atoms with E-state index in [0.717, 1.165) is 5.57 Å². The zero-order valence-corrected chi connectivity index (χ0v) is 8.97. The number of hydrogen-bond donors (Lipinski definition) is 0. The molecule has 0 aromatic heterocycles. The van der Waals surface area contributed by atoms with Crippen molar-refractivity contribution >= 4 is 25.2 Å². The highest BCUT2D eigenvalue weighted by molar-refractivity contribution is 7.05. The lowest BCUT2D eigenvalue weighted by Gasteiger charge is -1.85. The summed E-state index contributed by atoms with van der Waals surface area (Å²) in [7, 11) is -0.667. The molecular formula is C7H13ClO2Si. The maximum Gasteiger partial charge on any atom is 0.333 e. The van der Waals surface area contributed by atoms with Gasteiger partial charge < -0.3 is 4.74 Å². The molecule has 0 spiro atoms. The number of carbonyl (C=O) groups excluding carboxylic acids is 1. The smallest absolute Gasteiger partial charge is 0.333 e. The molecule has 2 nitrogen and oxygen atoms in total. The lowest BCUT2D eigenvalue weighted by molar-refractivity contribution is -0.135. The summed E-state index contributed by atoms with van der Waals surface area (Å²) in [5.41, 5.74) is 0.722. The summed E-state index contributed by atoms with van der Waals surface area (Å²) in [6.07, 6.45) is 1.77. The summed E-state index contributed by atoms with van der Waals surface area (Å²) in [6.45, 7) is 6.35. The Bertz CT molecular complexity index is 163. The van der Waals surface area contributed by atoms with Crippen LogP contribution in [0.1, 0.15) is 6.92 Å². The molecule has 1 aliphatic heterocycles. The molecule has 0 aliphatic carbocycles. The van der Waals surface area contributed by atoms with Gasteiger partial charge in [0.25, 0.3) is 0 Å². The van der Waals surface area contributed by atoms with Gasteiger partial charge in [-0.15, -0.1) is 0 Å². The summed E-state index contributed by atoms with van der Waals surface area (Å²) in [5.74, 6) is -0.181. The third-order valence-corrected chi connectivity index (χ3v) is 0.926. The molecule has 0 aromatic rings. The van der Waals surface area contributed by atoms with E-state index in [4.69, 9.17) is 11.1 Å². The fraction of sp³-hybridized carbons (Fsp3) is 0.571. The van der Waals surface area contributed by atoms with Gasteiger partial charge in [-0.25, -0.2) is 4.79 Å². The first-order chi connectivity index (χ1) is 5.04. The Morgan fingerprint density at radius 3 is 2.18 bits per heavy atom. The van der Waals surface area contributed by atoms with Crippen molar-refractivity contribution in [3.8, 4) is 0 Å². The van der Waals surface area contributed by atoms with Gasteiger partial charge >= 0.3 is 5.97 Å². The highest BCUT2D eigenvalue weighted by Gasteiger charge is 2.09. The molecule has 0 saturated heterocycles. The number of ether oxygens (including phenoxy) is 1. The zero-order valence-electron chi connectivity index (χ0n) is 7.06. The second-order valence-electron chi connectivity index (χ2n) is 2.50. The first-order valence-electron chi connectivity index (χ1n) is 3.52. The monoisotopic (exact) mass is 192 g/mol. The molecule has 0 unspecified atom stereocenters. The Morgan fingerprint density at radius 2 is 2.09 bits per heavy atom. The molecule has 4 heteroatoms. The lowest BCUT2D eigenvalue weighted by atomic mass is 10.3. The SMILES string of the molecule is CC1=CCOC1=O.C[SiH](C)Cl. The summed E-state index contributed by atoms with van der Waals surface area (Å²) in [5, 5.41) is 0. The minimum absolute atomic E-state index is 0.181. The second-order valence-corrected chi connectivity index (χ2v) is 7.15. The van der Waals surface area contributed by atoms with Crippen LogP contribution >= 0.6 is 11.1 Å². The van der Waals surface area contributed by atoms with Gasteiger partial charge in [-0.1, -0.05) is 13.1 Å². The molecule has 0 amide bonds. The second kappa shape index (κ2) is 5.38. The van der Waals surface area contributed by atoms with E-state index in [0.29, 0.717) is 6.61 Å². The summed E-state index contributed by atoms with van der Waals surface area (Å²) < 4.78 is 4.53. The average molecular weight is 193 g/mol. The third kappa shape index (κ3) is 6.13. The minimum atomic E-state index is -0.667. The van der Waals surface area contributed by atoms with Crippen molar-refractivity contribution in [1.82, 2.24) is 0 Å². The number of rotatable bonds is 0. The topological polar surface area (TPSA) is 26.3 Å². The van der Waals surface area contributed by atoms with E-state index in [-0.39, 0.29) is 5.97 Å². The molecule has 0 radical (unpaired) electrons. The first-order valence-corrected chi connectivity index (χ1v) is 7.57. The van der Waals surface area contributed by atoms with Crippen LogP contribution in [0, 0.1) is 0 Å². The van der Waals surface area contributed by atoms with E-state index in [1.807, 2.05) is 0 Å². The maximum absolute atomic E-state index is 10.3. The Kier molecular flexibility index (Phi) is 5.24. The molecule has 1 heterocycles. The van der Waals surface area contributed by atoms with Gasteiger partial charge in [0.15, 0.2) is 0 Å². The van der Waals surface area contributed by atoms with Crippen molar-refractivity contribution in [2.45, 2.75) is 20.0 Å². The average Bonchev–Trinajstić information content (AvgIpc) is 2.15. The number of cyclic esters (lactones) is 1. The van der Waals surface area contributed by atoms with Gasteiger partial charge in [0, 0.05) is 5.57 Å². The normalized spacial score (nSPS) is 15.4. The van der Waals surface area contributed by atoms with Crippen molar-refractivity contribution in [3.05, 3.63) is 11.6 Å². The predicted octanol–water partition coefficient (Wildman–Crippen LogP) is 1.70. The van der Waals surface area contributed by atoms with Gasteiger partial charge in [0.1, 0.15) is 14.7 Å². The highest BCUT2D eigenvalue weighted by atomic mass is 35.6. The minimum Gasteiger partial charge on any atom is -0.458 e. The largest absolute Gasteiger partial charge is 0.458 e. The zero-order chi connectivity index (χ0) is 8.85. The van der Waals surface area contributed by atoms with Gasteiger partial charge in [0.05, 0.1) is 0 Å². The molecule has 1 aliphatic rings. The fourth-order valence-electron chi connectivity index (χ4n) is 0.440. The maximum atomic E-state index is 10.3. The van der Waals surface area contributed by atoms with Crippen LogP contribution in [-0.2, 0) is 9.53 Å². The Hall–Kier alpha value is -0.283. The Labute approximate surface area is 73.5 Å². The summed E-state index contributed by atoms with van der Waals surface area (Å²) >= 11 is 5.41. The van der Waals surface area contributed by atoms with Crippen LogP contribution < -0.4 is 0 Å². The standard InChI is InChI=1S/C5H6O2.C2H7ClSi/c1-4-2-3-7-5(4)6;1-4(2)3/h2H,3H2,1H3;4H,1-2H3. The van der Waals surface area contributed by atoms with E-state index in [1.165, 1.54) is 0 Å². The van der Waals surface area contributed by atoms with Crippen LogP contribution in [0.2, 0.25) is 13.1 Å². The van der Waals surface area contributed by atoms with E-state index in [2.05, 4.69) is 17.8 Å². The van der Waals surface area contributed by atoms with Crippen LogP contribution in [0.15, 0.2) is 11.6 Å². The Morgan fingerprint density at radius 1 is 1.64 bits per heavy atom. The van der Waals surface area contributed by atoms with E-state index >= 15 is 0 Å². The third-order valence-electron chi connectivity index (χ3n) is 0.926. The van der Waals surface area contributed by atoms with Crippen molar-refractivity contribution in [2.24, 2.45) is 0 Å². The molecule has 0 bridgehead atoms. The van der Waals surface area contributed by atoms with Crippen LogP contribution in [0.3, 0.4) is 0 Å². The van der Waals surface area contributed by atoms with E-state index in [9.17, 15) is 4.79 Å². The van der Waals surface area contributed by atoms with Crippen molar-refractivity contribution in [2.75, 3.05) is 6.61 Å². The van der Waals surface area contributed by atoms with Crippen molar-refractivity contribution in [1.29, 1.82) is 0 Å². The van der Waals surface area contributed by atoms with Crippen LogP contribution in [0.5, 0.6) is 0 Å². The molecule has 0 fully saturated rings. The number of halogens is 1. The number of carbonyl (C=O) groups is 1. The van der Waals surface area contributed by atoms with Crippen LogP contribution in [0.4, 0.5) is 0 Å². The molecule has 0 aromatic carbocycles. The van der Waals surface area contributed by atoms with Gasteiger partial charge in [-0.2, -0.15) is 11.1 Å². The Balaban J connectivity index is 0.000000218. The summed E-state index contributed by atoms with van der Waals surface area (Å²) in [6, 6.07) is 0. The molecule has 1 rings (SSSR count). The highest BCUT2D eigenvalue weighted by Crippen LogP contribution is 2.02. The molecule has 11 heavy (non-hydrogen) atoms. The lowest BCUT2D eigenvalue weighted by Crippen LogP contribution is -1.94. The van der Waals surface area contributed by atoms with Crippen LogP contribution in [0.25, 0.3) is 0 Å². The quantitative estimate of drug-likeness (QED) is 0.332. The molecular weight excluding hydrogens is 180 g/mol. The van der Waals surface area contributed by atoms with Gasteiger partial charge in [-0.05, 0) is 13.0 Å². The van der Waals surface area contributed by atoms with Crippen molar-refractivity contribution in [3.63, 3.8) is 0 Å². The summed E-state index contributed by atoms with van der Waals surface area (Å²) in [4.78, 5) is 10.3. The van der Waals surface area contributed by atoms with Crippen molar-refractivity contribution < 1.29 is 9.53 Å². The van der Waals surface area contributed by atoms with Crippen LogP contribution in [-0.4, -0.2) is 20.7 Å². The first kappa shape index (κ1) is 10.7. The number of esters is 1. The van der Waals surface area contributed by atoms with Gasteiger partial charge in [0.2, 0.25) is 0 Å². The van der Waals surface area contributed by atoms with E-state index < -0.39 is 8.11 Å². The predicted molar refractivity (Wildman–Crippen MR) is 49.4 cm³/mol. The van der Waals surface area contributed by atoms with E-state index in [1.54, 1.807) is 13.0 Å². The van der Waals surface area contributed by atoms with Gasteiger partial charge in [-0.3, -0.25) is 0 Å². The molecule has 0 N–H and O–H groups in total. The molecule has 64 valence electrons. The molecule has 0 saturated carbocycles.